The molecular formula is C15H21FN6O5. The lowest BCUT2D eigenvalue weighted by atomic mass is 10.1. The number of hydrogen-bond acceptors (Lipinski definition) is 9. The van der Waals surface area contributed by atoms with Gasteiger partial charge in [0, 0.05) is 6.42 Å². The number of anilines is 1. The Morgan fingerprint density at radius 2 is 2.33 bits per heavy atom. The fourth-order valence-corrected chi connectivity index (χ4v) is 2.71. The van der Waals surface area contributed by atoms with Crippen LogP contribution in [0.4, 0.5) is 10.3 Å². The number of esters is 1. The zero-order chi connectivity index (χ0) is 19.9. The van der Waals surface area contributed by atoms with Crippen molar-refractivity contribution in [2.75, 3.05) is 12.3 Å². The molecule has 0 unspecified atom stereocenters. The summed E-state index contributed by atoms with van der Waals surface area (Å²) in [5.41, 5.74) is 10.7. The molecule has 0 amide bonds. The second-order valence-corrected chi connectivity index (χ2v) is 6.76. The number of aromatic amines is 1. The first-order chi connectivity index (χ1) is 12.6. The Hall–Kier alpha value is -2.57. The highest BCUT2D eigenvalue weighted by Gasteiger charge is 2.51. The van der Waals surface area contributed by atoms with Crippen molar-refractivity contribution in [2.45, 2.75) is 44.5 Å². The number of nitrogens with zero attached hydrogens (tertiary/aromatic N) is 3. The maximum absolute atomic E-state index is 15.0. The van der Waals surface area contributed by atoms with Crippen LogP contribution >= 0.6 is 0 Å². The van der Waals surface area contributed by atoms with Gasteiger partial charge in [0.1, 0.15) is 18.4 Å². The highest BCUT2D eigenvalue weighted by Crippen LogP contribution is 2.39. The first kappa shape index (κ1) is 19.2. The van der Waals surface area contributed by atoms with Gasteiger partial charge in [-0.05, 0) is 5.92 Å². The second-order valence-electron chi connectivity index (χ2n) is 6.76. The zero-order valence-electron chi connectivity index (χ0n) is 14.8. The summed E-state index contributed by atoms with van der Waals surface area (Å²) in [5.74, 6) is -3.77. The molecule has 0 radical (unpaired) electrons. The number of fused-ring (bicyclic) bond motifs is 1. The molecule has 3 heterocycles. The third kappa shape index (κ3) is 3.50. The van der Waals surface area contributed by atoms with E-state index in [0.29, 0.717) is 0 Å². The van der Waals surface area contributed by atoms with E-state index >= 15 is 0 Å². The maximum Gasteiger partial charge on any atom is 0.323 e. The Labute approximate surface area is 152 Å². The molecule has 1 aliphatic rings. The molecule has 0 aromatic carbocycles. The summed E-state index contributed by atoms with van der Waals surface area (Å²) >= 11 is 0. The van der Waals surface area contributed by atoms with Crippen LogP contribution in [0.25, 0.3) is 11.2 Å². The fraction of sp³-hybridized carbons (Fsp3) is 0.600. The van der Waals surface area contributed by atoms with Crippen molar-refractivity contribution >= 4 is 23.1 Å². The van der Waals surface area contributed by atoms with Gasteiger partial charge >= 0.3 is 5.97 Å². The normalized spacial score (nSPS) is 26.6. The van der Waals surface area contributed by atoms with Crippen LogP contribution in [0.15, 0.2) is 11.1 Å². The van der Waals surface area contributed by atoms with Crippen molar-refractivity contribution < 1.29 is 23.8 Å². The van der Waals surface area contributed by atoms with Gasteiger partial charge in [0.05, 0.1) is 6.33 Å². The van der Waals surface area contributed by atoms with E-state index in [4.69, 9.17) is 20.9 Å². The lowest BCUT2D eigenvalue weighted by Crippen LogP contribution is -2.44. The van der Waals surface area contributed by atoms with Gasteiger partial charge in [-0.25, -0.2) is 9.37 Å². The van der Waals surface area contributed by atoms with Gasteiger partial charge in [-0.2, -0.15) is 4.98 Å². The molecule has 0 aliphatic carbocycles. The number of aliphatic hydroxyl groups is 1. The highest BCUT2D eigenvalue weighted by atomic mass is 19.2. The average molecular weight is 384 g/mol. The number of aromatic nitrogens is 4. The molecule has 1 fully saturated rings. The van der Waals surface area contributed by atoms with Crippen LogP contribution in [0.3, 0.4) is 0 Å². The van der Waals surface area contributed by atoms with Crippen molar-refractivity contribution in [3.63, 3.8) is 0 Å². The van der Waals surface area contributed by atoms with Crippen LogP contribution in [-0.4, -0.2) is 55.2 Å². The molecule has 148 valence electrons. The summed E-state index contributed by atoms with van der Waals surface area (Å²) in [5, 5.41) is 10.1. The van der Waals surface area contributed by atoms with Gasteiger partial charge in [-0.15, -0.1) is 0 Å². The Morgan fingerprint density at radius 1 is 1.63 bits per heavy atom. The van der Waals surface area contributed by atoms with E-state index in [0.717, 1.165) is 0 Å². The number of alkyl halides is 1. The number of aliphatic hydroxyl groups excluding tert-OH is 1. The van der Waals surface area contributed by atoms with Crippen LogP contribution in [0.1, 0.15) is 26.5 Å². The molecule has 0 bridgehead atoms. The van der Waals surface area contributed by atoms with E-state index in [1.165, 1.54) is 10.9 Å². The van der Waals surface area contributed by atoms with Gasteiger partial charge < -0.3 is 26.0 Å². The molecule has 2 aromatic heterocycles. The predicted molar refractivity (Wildman–Crippen MR) is 90.9 cm³/mol. The molecule has 0 spiro atoms. The summed E-state index contributed by atoms with van der Waals surface area (Å²) < 4.78 is 26.4. The second kappa shape index (κ2) is 6.87. The van der Waals surface area contributed by atoms with Crippen molar-refractivity contribution in [3.8, 4) is 0 Å². The number of imidazole rings is 1. The standard InChI is InChI=1S/C15H21FN6O5/c1-6(2)9(17)13(25)26-4-15(16)7(23)3-8(27-15)22-5-19-10-11(22)20-14(18)21-12(10)24/h5-9,23H,3-4,17H2,1-2H3,(H3,18,20,21,24)/t7-,8+,9-,15+/m0/s1. The average Bonchev–Trinajstić information content (AvgIpc) is 3.14. The summed E-state index contributed by atoms with van der Waals surface area (Å²) in [6.07, 6.45) is -1.55. The molecule has 12 heteroatoms. The largest absolute Gasteiger partial charge is 0.458 e. The number of ether oxygens (including phenoxy) is 2. The van der Waals surface area contributed by atoms with Crippen LogP contribution in [-0.2, 0) is 14.3 Å². The van der Waals surface area contributed by atoms with E-state index < -0.39 is 42.4 Å². The summed E-state index contributed by atoms with van der Waals surface area (Å²) in [7, 11) is 0. The van der Waals surface area contributed by atoms with Crippen LogP contribution in [0.5, 0.6) is 0 Å². The maximum atomic E-state index is 15.0. The lowest BCUT2D eigenvalue weighted by Gasteiger charge is -2.24. The molecule has 0 saturated carbocycles. The number of nitrogens with two attached hydrogens (primary N) is 2. The molecule has 6 N–H and O–H groups in total. The predicted octanol–water partition coefficient (Wildman–Crippen LogP) is -0.826. The molecule has 27 heavy (non-hydrogen) atoms. The summed E-state index contributed by atoms with van der Waals surface area (Å²) in [4.78, 5) is 33.8. The number of nitrogens with one attached hydrogen (secondary N) is 1. The van der Waals surface area contributed by atoms with Crippen molar-refractivity contribution in [1.29, 1.82) is 0 Å². The van der Waals surface area contributed by atoms with Gasteiger partial charge in [-0.3, -0.25) is 19.1 Å². The minimum absolute atomic E-state index is 0.00650. The molecule has 11 nitrogen and oxygen atoms in total. The molecule has 3 rings (SSSR count). The van der Waals surface area contributed by atoms with E-state index in [1.54, 1.807) is 13.8 Å². The van der Waals surface area contributed by atoms with E-state index in [2.05, 4.69) is 15.0 Å². The molecule has 4 atom stereocenters. The number of hydrogen-bond donors (Lipinski definition) is 4. The summed E-state index contributed by atoms with van der Waals surface area (Å²) in [6.45, 7) is 2.62. The number of halogens is 1. The number of H-pyrrole nitrogens is 1. The fourth-order valence-electron chi connectivity index (χ4n) is 2.71. The monoisotopic (exact) mass is 384 g/mol. The topological polar surface area (TPSA) is 171 Å². The zero-order valence-corrected chi connectivity index (χ0v) is 14.8. The molecule has 1 saturated heterocycles. The van der Waals surface area contributed by atoms with Crippen LogP contribution < -0.4 is 17.0 Å². The van der Waals surface area contributed by atoms with Gasteiger partial charge in [-0.1, -0.05) is 13.8 Å². The van der Waals surface area contributed by atoms with Crippen LogP contribution in [0, 0.1) is 5.92 Å². The minimum Gasteiger partial charge on any atom is -0.458 e. The van der Waals surface area contributed by atoms with Gasteiger partial charge in [0.15, 0.2) is 17.8 Å². The third-order valence-electron chi connectivity index (χ3n) is 4.42. The smallest absolute Gasteiger partial charge is 0.323 e. The van der Waals surface area contributed by atoms with E-state index in [-0.39, 0.29) is 29.5 Å². The Morgan fingerprint density at radius 3 is 3.00 bits per heavy atom. The molecular weight excluding hydrogens is 363 g/mol. The summed E-state index contributed by atoms with van der Waals surface area (Å²) in [6, 6.07) is -0.917. The molecule has 2 aromatic rings. The minimum atomic E-state index is -2.64. The Balaban J connectivity index is 1.78. The number of carbonyl (C=O) groups is 1. The number of nitrogen functional groups attached to an aromatic ring is 1. The third-order valence-corrected chi connectivity index (χ3v) is 4.42. The van der Waals surface area contributed by atoms with E-state index in [9.17, 15) is 19.1 Å². The van der Waals surface area contributed by atoms with Crippen molar-refractivity contribution in [1.82, 2.24) is 19.5 Å². The van der Waals surface area contributed by atoms with Crippen LogP contribution in [0.2, 0.25) is 0 Å². The quantitative estimate of drug-likeness (QED) is 0.480. The van der Waals surface area contributed by atoms with Gasteiger partial charge in [0.2, 0.25) is 5.95 Å². The SMILES string of the molecule is CC(C)[C@H](N)C(=O)OC[C@@]1(F)O[C@@H](n2cnc3c(=O)[nH]c(N)nc32)C[C@@H]1O. The molecule has 1 aliphatic heterocycles. The first-order valence-electron chi connectivity index (χ1n) is 8.31. The Kier molecular flexibility index (Phi) is 4.88. The lowest BCUT2D eigenvalue weighted by molar-refractivity contribution is -0.216. The number of carbonyl (C=O) groups excluding carboxylic acids is 1. The van der Waals surface area contributed by atoms with Gasteiger partial charge in [0.25, 0.3) is 11.4 Å². The number of rotatable bonds is 5. The van der Waals surface area contributed by atoms with E-state index in [1.807, 2.05) is 0 Å². The first-order valence-corrected chi connectivity index (χ1v) is 8.31. The highest BCUT2D eigenvalue weighted by molar-refractivity contribution is 5.75. The van der Waals surface area contributed by atoms with Crippen molar-refractivity contribution in [2.24, 2.45) is 11.7 Å². The Bertz CT molecular complexity index is 914. The van der Waals surface area contributed by atoms with Crippen molar-refractivity contribution in [3.05, 3.63) is 16.7 Å².